The van der Waals surface area contributed by atoms with Gasteiger partial charge in [-0.05, 0) is 29.5 Å². The van der Waals surface area contributed by atoms with Crippen molar-refractivity contribution in [1.82, 2.24) is 14.8 Å². The Balaban J connectivity index is 1.92. The Kier molecular flexibility index (Phi) is 3.28. The molecule has 1 fully saturated rings. The number of thiophene rings is 1. The van der Waals surface area contributed by atoms with Gasteiger partial charge in [0.15, 0.2) is 0 Å². The van der Waals surface area contributed by atoms with Crippen LogP contribution in [0.3, 0.4) is 0 Å². The maximum Gasteiger partial charge on any atom is 0.275 e. The van der Waals surface area contributed by atoms with Gasteiger partial charge in [-0.15, -0.1) is 11.3 Å². The molecular formula is C16H15N3O2S. The summed E-state index contributed by atoms with van der Waals surface area (Å²) >= 11 is 1.60. The number of aromatic nitrogens is 3. The first-order chi connectivity index (χ1) is 10.7. The van der Waals surface area contributed by atoms with Crippen molar-refractivity contribution in [3.8, 4) is 11.3 Å². The largest absolute Gasteiger partial charge is 0.381 e. The lowest BCUT2D eigenvalue weighted by atomic mass is 9.98. The zero-order chi connectivity index (χ0) is 15.1. The van der Waals surface area contributed by atoms with Crippen molar-refractivity contribution >= 4 is 21.4 Å². The number of aryl methyl sites for hydroxylation is 1. The van der Waals surface area contributed by atoms with E-state index in [1.807, 2.05) is 12.1 Å². The molecule has 4 rings (SSSR count). The van der Waals surface area contributed by atoms with E-state index < -0.39 is 0 Å². The minimum atomic E-state index is -0.0238. The van der Waals surface area contributed by atoms with Crippen LogP contribution in [0.15, 0.2) is 34.7 Å². The molecule has 0 bridgehead atoms. The van der Waals surface area contributed by atoms with Crippen LogP contribution >= 0.6 is 11.3 Å². The molecule has 0 saturated carbocycles. The van der Waals surface area contributed by atoms with Gasteiger partial charge >= 0.3 is 0 Å². The molecule has 0 atom stereocenters. The van der Waals surface area contributed by atoms with E-state index in [9.17, 15) is 4.79 Å². The predicted octanol–water partition coefficient (Wildman–Crippen LogP) is 2.25. The summed E-state index contributed by atoms with van der Waals surface area (Å²) in [5.41, 5.74) is 2.92. The van der Waals surface area contributed by atoms with E-state index in [1.54, 1.807) is 30.8 Å². The molecule has 0 spiro atoms. The van der Waals surface area contributed by atoms with Gasteiger partial charge in [0.25, 0.3) is 5.56 Å². The number of hydrogen-bond donors (Lipinski definition) is 0. The van der Waals surface area contributed by atoms with Gasteiger partial charge in [-0.3, -0.25) is 9.78 Å². The number of hydrogen-bond acceptors (Lipinski definition) is 5. The minimum absolute atomic E-state index is 0.0238. The fourth-order valence-electron chi connectivity index (χ4n) is 2.77. The van der Waals surface area contributed by atoms with Crippen molar-refractivity contribution in [3.63, 3.8) is 0 Å². The van der Waals surface area contributed by atoms with Crippen molar-refractivity contribution < 1.29 is 4.74 Å². The lowest BCUT2D eigenvalue weighted by Crippen LogP contribution is -2.29. The van der Waals surface area contributed by atoms with E-state index in [-0.39, 0.29) is 5.56 Å². The topological polar surface area (TPSA) is 57.0 Å². The fourth-order valence-corrected chi connectivity index (χ4v) is 3.85. The first-order valence-corrected chi connectivity index (χ1v) is 8.07. The smallest absolute Gasteiger partial charge is 0.275 e. The molecule has 3 aromatic heterocycles. The van der Waals surface area contributed by atoms with Gasteiger partial charge in [-0.1, -0.05) is 0 Å². The van der Waals surface area contributed by atoms with Gasteiger partial charge in [0.05, 0.1) is 23.3 Å². The molecule has 0 N–H and O–H groups in total. The van der Waals surface area contributed by atoms with Crippen LogP contribution in [0.1, 0.15) is 5.56 Å². The molecule has 0 unspecified atom stereocenters. The normalized spacial score (nSPS) is 15.1. The van der Waals surface area contributed by atoms with Crippen molar-refractivity contribution in [3.05, 3.63) is 45.8 Å². The summed E-state index contributed by atoms with van der Waals surface area (Å²) in [5, 5.41) is 7.36. The zero-order valence-corrected chi connectivity index (χ0v) is 13.0. The van der Waals surface area contributed by atoms with Crippen molar-refractivity contribution in [2.24, 2.45) is 13.0 Å². The van der Waals surface area contributed by atoms with Crippen molar-refractivity contribution in [2.45, 2.75) is 6.42 Å². The summed E-state index contributed by atoms with van der Waals surface area (Å²) < 4.78 is 7.64. The van der Waals surface area contributed by atoms with E-state index in [1.165, 1.54) is 4.68 Å². The van der Waals surface area contributed by atoms with Crippen LogP contribution in [-0.2, 0) is 18.2 Å². The lowest BCUT2D eigenvalue weighted by Gasteiger charge is -2.25. The number of nitrogens with zero attached hydrogens (tertiary/aromatic N) is 3. The summed E-state index contributed by atoms with van der Waals surface area (Å²) in [7, 11) is 1.71. The molecule has 6 heteroatoms. The zero-order valence-electron chi connectivity index (χ0n) is 12.2. The lowest BCUT2D eigenvalue weighted by molar-refractivity contribution is -0.0310. The van der Waals surface area contributed by atoms with Gasteiger partial charge < -0.3 is 4.74 Å². The Bertz CT molecular complexity index is 882. The van der Waals surface area contributed by atoms with Gasteiger partial charge in [0.1, 0.15) is 5.69 Å². The quantitative estimate of drug-likeness (QED) is 0.744. The van der Waals surface area contributed by atoms with Crippen molar-refractivity contribution in [2.75, 3.05) is 13.2 Å². The second kappa shape index (κ2) is 5.30. The molecule has 5 nitrogen and oxygen atoms in total. The Hall–Kier alpha value is -2.05. The molecule has 112 valence electrons. The Labute approximate surface area is 131 Å². The van der Waals surface area contributed by atoms with E-state index >= 15 is 0 Å². The number of rotatable bonds is 3. The van der Waals surface area contributed by atoms with Gasteiger partial charge in [0.2, 0.25) is 0 Å². The first-order valence-electron chi connectivity index (χ1n) is 7.19. The van der Waals surface area contributed by atoms with E-state index in [0.29, 0.717) is 5.92 Å². The van der Waals surface area contributed by atoms with Crippen LogP contribution in [0.5, 0.6) is 0 Å². The standard InChI is InChI=1S/C16H15N3O2S/c1-19-16(20)13-12(6-10-7-21-8-10)9-22-15(13)14(18-19)11-2-4-17-5-3-11/h2-5,9-10H,6-8H2,1H3. The highest BCUT2D eigenvalue weighted by atomic mass is 32.1. The third-order valence-electron chi connectivity index (χ3n) is 4.01. The average molecular weight is 313 g/mol. The van der Waals surface area contributed by atoms with Gasteiger partial charge in [-0.25, -0.2) is 4.68 Å². The third kappa shape index (κ3) is 2.15. The van der Waals surface area contributed by atoms with Crippen molar-refractivity contribution in [1.29, 1.82) is 0 Å². The Morgan fingerprint density at radius 2 is 2.14 bits per heavy atom. The van der Waals surface area contributed by atoms with Crippen LogP contribution in [0, 0.1) is 5.92 Å². The summed E-state index contributed by atoms with van der Waals surface area (Å²) in [6.07, 6.45) is 4.39. The molecule has 0 aliphatic carbocycles. The molecule has 0 radical (unpaired) electrons. The first kappa shape index (κ1) is 13.6. The fraction of sp³-hybridized carbons (Fsp3) is 0.312. The minimum Gasteiger partial charge on any atom is -0.381 e. The number of pyridine rings is 1. The monoisotopic (exact) mass is 313 g/mol. The summed E-state index contributed by atoms with van der Waals surface area (Å²) in [6, 6.07) is 3.84. The molecule has 3 aromatic rings. The molecule has 0 aromatic carbocycles. The van der Waals surface area contributed by atoms with E-state index in [4.69, 9.17) is 4.74 Å². The molecule has 1 aliphatic rings. The Morgan fingerprint density at radius 3 is 2.82 bits per heavy atom. The molecule has 22 heavy (non-hydrogen) atoms. The number of fused-ring (bicyclic) bond motifs is 1. The van der Waals surface area contributed by atoms with Crippen LogP contribution in [0.2, 0.25) is 0 Å². The van der Waals surface area contributed by atoms with Gasteiger partial charge in [-0.2, -0.15) is 5.10 Å². The highest BCUT2D eigenvalue weighted by molar-refractivity contribution is 7.18. The molecule has 1 aliphatic heterocycles. The summed E-state index contributed by atoms with van der Waals surface area (Å²) in [4.78, 5) is 16.6. The highest BCUT2D eigenvalue weighted by Crippen LogP contribution is 2.33. The van der Waals surface area contributed by atoms with Crippen LogP contribution in [-0.4, -0.2) is 28.0 Å². The molecule has 4 heterocycles. The summed E-state index contributed by atoms with van der Waals surface area (Å²) in [6.45, 7) is 1.58. The second-order valence-corrected chi connectivity index (χ2v) is 6.47. The third-order valence-corrected chi connectivity index (χ3v) is 5.05. The molecular weight excluding hydrogens is 298 g/mol. The highest BCUT2D eigenvalue weighted by Gasteiger charge is 2.23. The van der Waals surface area contributed by atoms with Gasteiger partial charge in [0, 0.05) is 30.9 Å². The van der Waals surface area contributed by atoms with E-state index in [2.05, 4.69) is 15.5 Å². The molecule has 1 saturated heterocycles. The van der Waals surface area contributed by atoms with Crippen LogP contribution < -0.4 is 5.56 Å². The maximum absolute atomic E-state index is 12.5. The maximum atomic E-state index is 12.5. The average Bonchev–Trinajstić information content (AvgIpc) is 2.92. The SMILES string of the molecule is Cn1nc(-c2ccncc2)c2scc(CC3COC3)c2c1=O. The Morgan fingerprint density at radius 1 is 1.36 bits per heavy atom. The second-order valence-electron chi connectivity index (χ2n) is 5.59. The predicted molar refractivity (Wildman–Crippen MR) is 86.1 cm³/mol. The van der Waals surface area contributed by atoms with E-state index in [0.717, 1.165) is 46.5 Å². The van der Waals surface area contributed by atoms with Crippen LogP contribution in [0.25, 0.3) is 21.3 Å². The number of ether oxygens (including phenoxy) is 1. The van der Waals surface area contributed by atoms with Crippen LogP contribution in [0.4, 0.5) is 0 Å². The summed E-state index contributed by atoms with van der Waals surface area (Å²) in [5.74, 6) is 0.528. The molecule has 0 amide bonds.